The standard InChI is InChI=1S/C17H22N2S/c1-4-18-14-6-5-7-15-16(14)20-17(19-15)13-9-8-11(2)12(3)10-13/h8-10,14,18H,4-7H2,1-3H3. The van der Waals surface area contributed by atoms with Gasteiger partial charge in [-0.15, -0.1) is 11.3 Å². The van der Waals surface area contributed by atoms with Crippen molar-refractivity contribution >= 4 is 11.3 Å². The molecule has 1 atom stereocenters. The summed E-state index contributed by atoms with van der Waals surface area (Å²) in [5.74, 6) is 0. The van der Waals surface area contributed by atoms with Gasteiger partial charge < -0.3 is 5.32 Å². The van der Waals surface area contributed by atoms with Gasteiger partial charge in [0.15, 0.2) is 0 Å². The van der Waals surface area contributed by atoms with Crippen LogP contribution in [0, 0.1) is 13.8 Å². The highest BCUT2D eigenvalue weighted by Gasteiger charge is 2.24. The predicted octanol–water partition coefficient (Wildman–Crippen LogP) is 4.41. The van der Waals surface area contributed by atoms with Crippen molar-refractivity contribution in [2.45, 2.75) is 46.1 Å². The van der Waals surface area contributed by atoms with E-state index in [4.69, 9.17) is 4.98 Å². The lowest BCUT2D eigenvalue weighted by Crippen LogP contribution is -2.23. The second kappa shape index (κ2) is 5.66. The minimum absolute atomic E-state index is 0.515. The van der Waals surface area contributed by atoms with Crippen LogP contribution in [0.1, 0.15) is 47.5 Å². The summed E-state index contributed by atoms with van der Waals surface area (Å²) in [6.07, 6.45) is 3.63. The summed E-state index contributed by atoms with van der Waals surface area (Å²) in [6, 6.07) is 7.19. The highest BCUT2D eigenvalue weighted by Crippen LogP contribution is 2.38. The molecule has 2 aromatic rings. The van der Waals surface area contributed by atoms with Gasteiger partial charge in [-0.25, -0.2) is 4.98 Å². The monoisotopic (exact) mass is 286 g/mol. The number of thiazole rings is 1. The van der Waals surface area contributed by atoms with Crippen LogP contribution < -0.4 is 5.32 Å². The lowest BCUT2D eigenvalue weighted by Gasteiger charge is -2.21. The first kappa shape index (κ1) is 13.8. The molecule has 20 heavy (non-hydrogen) atoms. The van der Waals surface area contributed by atoms with E-state index in [1.165, 1.54) is 45.1 Å². The van der Waals surface area contributed by atoms with Crippen LogP contribution in [-0.4, -0.2) is 11.5 Å². The molecule has 0 spiro atoms. The van der Waals surface area contributed by atoms with E-state index < -0.39 is 0 Å². The molecule has 0 saturated carbocycles. The second-order valence-electron chi connectivity index (χ2n) is 5.63. The molecule has 0 fully saturated rings. The molecule has 0 radical (unpaired) electrons. The summed E-state index contributed by atoms with van der Waals surface area (Å²) < 4.78 is 0. The van der Waals surface area contributed by atoms with E-state index in [0.29, 0.717) is 6.04 Å². The zero-order valence-electron chi connectivity index (χ0n) is 12.5. The maximum absolute atomic E-state index is 4.90. The Morgan fingerprint density at radius 2 is 2.15 bits per heavy atom. The number of nitrogens with zero attached hydrogens (tertiary/aromatic N) is 1. The molecule has 0 saturated heterocycles. The molecule has 0 aliphatic heterocycles. The summed E-state index contributed by atoms with van der Waals surface area (Å²) in [5, 5.41) is 4.78. The van der Waals surface area contributed by atoms with Crippen molar-refractivity contribution in [1.29, 1.82) is 0 Å². The molecular weight excluding hydrogens is 264 g/mol. The Hall–Kier alpha value is -1.19. The molecule has 1 unspecified atom stereocenters. The third kappa shape index (κ3) is 2.52. The van der Waals surface area contributed by atoms with Crippen molar-refractivity contribution in [1.82, 2.24) is 10.3 Å². The SMILES string of the molecule is CCNC1CCCc2nc(-c3ccc(C)c(C)c3)sc21. The molecule has 1 aliphatic rings. The van der Waals surface area contributed by atoms with Gasteiger partial charge in [0.05, 0.1) is 5.69 Å². The van der Waals surface area contributed by atoms with Crippen molar-refractivity contribution in [3.63, 3.8) is 0 Å². The van der Waals surface area contributed by atoms with E-state index in [9.17, 15) is 0 Å². The summed E-state index contributed by atoms with van der Waals surface area (Å²) >= 11 is 1.88. The van der Waals surface area contributed by atoms with Crippen molar-refractivity contribution in [3.8, 4) is 10.6 Å². The van der Waals surface area contributed by atoms with E-state index in [2.05, 4.69) is 44.3 Å². The van der Waals surface area contributed by atoms with Gasteiger partial charge in [-0.05, 0) is 56.8 Å². The topological polar surface area (TPSA) is 24.9 Å². The minimum Gasteiger partial charge on any atom is -0.309 e. The molecule has 3 heteroatoms. The van der Waals surface area contributed by atoms with Crippen LogP contribution in [0.4, 0.5) is 0 Å². The number of rotatable bonds is 3. The van der Waals surface area contributed by atoms with Gasteiger partial charge in [-0.3, -0.25) is 0 Å². The van der Waals surface area contributed by atoms with Crippen LogP contribution in [-0.2, 0) is 6.42 Å². The maximum atomic E-state index is 4.90. The Morgan fingerprint density at radius 3 is 2.90 bits per heavy atom. The van der Waals surface area contributed by atoms with Crippen LogP contribution in [0.25, 0.3) is 10.6 Å². The summed E-state index contributed by atoms with van der Waals surface area (Å²) in [7, 11) is 0. The Bertz CT molecular complexity index is 615. The van der Waals surface area contributed by atoms with Gasteiger partial charge in [0, 0.05) is 16.5 Å². The Labute approximate surface area is 125 Å². The quantitative estimate of drug-likeness (QED) is 0.903. The summed E-state index contributed by atoms with van der Waals surface area (Å²) in [6.45, 7) is 7.54. The lowest BCUT2D eigenvalue weighted by molar-refractivity contribution is 0.476. The van der Waals surface area contributed by atoms with Gasteiger partial charge in [0.2, 0.25) is 0 Å². The number of aryl methyl sites for hydroxylation is 3. The third-order valence-electron chi connectivity index (χ3n) is 4.15. The van der Waals surface area contributed by atoms with Crippen molar-refractivity contribution in [2.24, 2.45) is 0 Å². The molecule has 1 aromatic heterocycles. The predicted molar refractivity (Wildman–Crippen MR) is 86.4 cm³/mol. The number of aromatic nitrogens is 1. The average molecular weight is 286 g/mol. The number of nitrogens with one attached hydrogen (secondary N) is 1. The van der Waals surface area contributed by atoms with E-state index in [1.807, 2.05) is 11.3 Å². The lowest BCUT2D eigenvalue weighted by atomic mass is 9.98. The molecule has 0 bridgehead atoms. The third-order valence-corrected chi connectivity index (χ3v) is 5.42. The first-order valence-electron chi connectivity index (χ1n) is 7.49. The fraction of sp³-hybridized carbons (Fsp3) is 0.471. The Morgan fingerprint density at radius 1 is 1.30 bits per heavy atom. The highest BCUT2D eigenvalue weighted by molar-refractivity contribution is 7.15. The zero-order valence-corrected chi connectivity index (χ0v) is 13.3. The van der Waals surface area contributed by atoms with E-state index in [1.54, 1.807) is 0 Å². The Balaban J connectivity index is 1.97. The molecule has 2 nitrogen and oxygen atoms in total. The van der Waals surface area contributed by atoms with Crippen LogP contribution in [0.3, 0.4) is 0 Å². The van der Waals surface area contributed by atoms with Crippen LogP contribution in [0.15, 0.2) is 18.2 Å². The molecule has 1 aliphatic carbocycles. The fourth-order valence-corrected chi connectivity index (χ4v) is 4.08. The maximum Gasteiger partial charge on any atom is 0.123 e. The number of fused-ring (bicyclic) bond motifs is 1. The summed E-state index contributed by atoms with van der Waals surface area (Å²) in [4.78, 5) is 6.37. The molecule has 3 rings (SSSR count). The molecule has 1 heterocycles. The first-order valence-corrected chi connectivity index (χ1v) is 8.31. The fourth-order valence-electron chi connectivity index (χ4n) is 2.86. The number of hydrogen-bond donors (Lipinski definition) is 1. The smallest absolute Gasteiger partial charge is 0.123 e. The van der Waals surface area contributed by atoms with Crippen LogP contribution >= 0.6 is 11.3 Å². The largest absolute Gasteiger partial charge is 0.309 e. The van der Waals surface area contributed by atoms with Gasteiger partial charge in [0.1, 0.15) is 5.01 Å². The van der Waals surface area contributed by atoms with Crippen LogP contribution in [0.2, 0.25) is 0 Å². The molecule has 0 amide bonds. The molecule has 1 aromatic carbocycles. The average Bonchev–Trinajstić information content (AvgIpc) is 2.87. The number of benzene rings is 1. The van der Waals surface area contributed by atoms with Gasteiger partial charge in [-0.2, -0.15) is 0 Å². The normalized spacial score (nSPS) is 18.1. The van der Waals surface area contributed by atoms with Gasteiger partial charge in [0.25, 0.3) is 0 Å². The molecule has 106 valence electrons. The van der Waals surface area contributed by atoms with Crippen LogP contribution in [0.5, 0.6) is 0 Å². The Kier molecular flexibility index (Phi) is 3.90. The highest BCUT2D eigenvalue weighted by atomic mass is 32.1. The number of hydrogen-bond acceptors (Lipinski definition) is 3. The van der Waals surface area contributed by atoms with Crippen molar-refractivity contribution in [2.75, 3.05) is 6.54 Å². The van der Waals surface area contributed by atoms with E-state index in [-0.39, 0.29) is 0 Å². The summed E-state index contributed by atoms with van der Waals surface area (Å²) in [5.41, 5.74) is 5.28. The van der Waals surface area contributed by atoms with Crippen molar-refractivity contribution < 1.29 is 0 Å². The van der Waals surface area contributed by atoms with Gasteiger partial charge >= 0.3 is 0 Å². The zero-order chi connectivity index (χ0) is 14.1. The second-order valence-corrected chi connectivity index (χ2v) is 6.66. The van der Waals surface area contributed by atoms with Gasteiger partial charge in [-0.1, -0.05) is 19.1 Å². The van der Waals surface area contributed by atoms with E-state index in [0.717, 1.165) is 13.0 Å². The van der Waals surface area contributed by atoms with E-state index >= 15 is 0 Å². The minimum atomic E-state index is 0.515. The molecule has 1 N–H and O–H groups in total. The van der Waals surface area contributed by atoms with Crippen molar-refractivity contribution in [3.05, 3.63) is 39.9 Å². The first-order chi connectivity index (χ1) is 9.69. The molecular formula is C17H22N2S.